The predicted octanol–water partition coefficient (Wildman–Crippen LogP) is 1.87. The van der Waals surface area contributed by atoms with E-state index in [9.17, 15) is 19.6 Å². The van der Waals surface area contributed by atoms with E-state index in [4.69, 9.17) is 18.7 Å². The number of nitrogens with zero attached hydrogens (tertiary/aromatic N) is 1. The van der Waals surface area contributed by atoms with Gasteiger partial charge in [-0.2, -0.15) is 0 Å². The number of carbonyl (C=O) groups is 2. The zero-order valence-electron chi connectivity index (χ0n) is 12.3. The molecule has 0 spiro atoms. The topological polar surface area (TPSA) is 110 Å². The number of ether oxygens (including phenoxy) is 2. The zero-order valence-corrected chi connectivity index (χ0v) is 16.9. The normalized spacial score (nSPS) is 10.5. The van der Waals surface area contributed by atoms with Crippen molar-refractivity contribution in [2.75, 3.05) is 27.4 Å². The fraction of sp³-hybridized carbons (Fsp3) is 0.700. The first-order chi connectivity index (χ1) is 9.87. The van der Waals surface area contributed by atoms with Crippen LogP contribution in [0.2, 0.25) is 0 Å². The Bertz CT molecular complexity index is 381. The standard InChI is InChI=1S/C10H17NO7P.ClH.Zn/c1-5-17-19(14,18-6-2)8(11)7(9(12)15-3)10(13)16-4;;/h7H,5-6H2,1-4H3;1H;/q-1;;+2/p-1. The van der Waals surface area contributed by atoms with Crippen LogP contribution in [0.15, 0.2) is 0 Å². The molecule has 8 nitrogen and oxygen atoms in total. The van der Waals surface area contributed by atoms with Crippen molar-refractivity contribution >= 4 is 34.7 Å². The van der Waals surface area contributed by atoms with E-state index in [1.54, 1.807) is 0 Å². The van der Waals surface area contributed by atoms with Crippen LogP contribution in [0.5, 0.6) is 0 Å². The maximum atomic E-state index is 12.2. The molecule has 0 unspecified atom stereocenters. The number of carbonyl (C=O) groups excluding carboxylic acids is 2. The van der Waals surface area contributed by atoms with Gasteiger partial charge in [0.25, 0.3) is 0 Å². The summed E-state index contributed by atoms with van der Waals surface area (Å²) in [5, 5.41) is 9.90. The third-order valence-electron chi connectivity index (χ3n) is 2.01. The number of hydrogen-bond donors (Lipinski definition) is 0. The third kappa shape index (κ3) is 6.98. The number of methoxy groups -OCH3 is 2. The van der Waals surface area contributed by atoms with Gasteiger partial charge in [0.15, 0.2) is 5.92 Å². The molecule has 0 heterocycles. The van der Waals surface area contributed by atoms with Crippen molar-refractivity contribution in [3.63, 3.8) is 0 Å². The monoisotopic (exact) mass is 393 g/mol. The van der Waals surface area contributed by atoms with Gasteiger partial charge >= 0.3 is 46.5 Å². The minimum absolute atomic E-state index is 0.0452. The SMILES string of the molecule is CCOP(=O)(OCC)C(=[N-])C(C(=O)OC)C(=O)OC.[Cl][Zn+]. The molecule has 0 radical (unpaired) electrons. The summed E-state index contributed by atoms with van der Waals surface area (Å²) in [6, 6.07) is 0. The Labute approximate surface area is 137 Å². The fourth-order valence-corrected chi connectivity index (χ4v) is 2.76. The molecule has 0 bridgehead atoms. The first-order valence-electron chi connectivity index (χ1n) is 5.75. The molecule has 0 aromatic heterocycles. The van der Waals surface area contributed by atoms with E-state index in [0.717, 1.165) is 31.5 Å². The molecule has 21 heavy (non-hydrogen) atoms. The summed E-state index contributed by atoms with van der Waals surface area (Å²) in [6.07, 6.45) is 0. The van der Waals surface area contributed by atoms with Gasteiger partial charge in [-0.1, -0.05) is 5.45 Å². The summed E-state index contributed by atoms with van der Waals surface area (Å²) in [5.74, 6) is -4.12. The van der Waals surface area contributed by atoms with E-state index in [1.165, 1.54) is 13.8 Å². The van der Waals surface area contributed by atoms with Gasteiger partial charge in [0, 0.05) is 0 Å². The molecular weight excluding hydrogens is 378 g/mol. The summed E-state index contributed by atoms with van der Waals surface area (Å²) < 4.78 is 30.6. The summed E-state index contributed by atoms with van der Waals surface area (Å²) in [4.78, 5) is 22.9. The van der Waals surface area contributed by atoms with Crippen LogP contribution in [0.25, 0.3) is 5.41 Å². The molecule has 0 aliphatic carbocycles. The molecule has 11 heteroatoms. The second-order valence-corrected chi connectivity index (χ2v) is 5.14. The Hall–Kier alpha value is -0.327. The van der Waals surface area contributed by atoms with Crippen molar-refractivity contribution < 1.29 is 50.0 Å². The van der Waals surface area contributed by atoms with Crippen molar-refractivity contribution in [2.24, 2.45) is 5.92 Å². The first-order valence-corrected chi connectivity index (χ1v) is 11.2. The summed E-state index contributed by atoms with van der Waals surface area (Å²) in [6.45, 7) is 2.95. The molecule has 0 aliphatic heterocycles. The Morgan fingerprint density at radius 1 is 1.10 bits per heavy atom. The van der Waals surface area contributed by atoms with Crippen LogP contribution in [-0.2, 0) is 50.0 Å². The van der Waals surface area contributed by atoms with Gasteiger partial charge in [-0.3, -0.25) is 14.2 Å². The molecule has 0 rings (SSSR count). The molecule has 0 aromatic carbocycles. The molecular formula is C10H17ClNO7PZn. The van der Waals surface area contributed by atoms with Crippen molar-refractivity contribution in [1.82, 2.24) is 0 Å². The van der Waals surface area contributed by atoms with Crippen LogP contribution in [0.3, 0.4) is 0 Å². The Balaban J connectivity index is 0. The van der Waals surface area contributed by atoms with E-state index in [2.05, 4.69) is 9.47 Å². The van der Waals surface area contributed by atoms with Crippen molar-refractivity contribution in [2.45, 2.75) is 13.8 Å². The van der Waals surface area contributed by atoms with Gasteiger partial charge in [-0.15, -0.1) is 0 Å². The molecule has 0 atom stereocenters. The second kappa shape index (κ2) is 12.2. The van der Waals surface area contributed by atoms with E-state index < -0.39 is 30.9 Å². The summed E-state index contributed by atoms with van der Waals surface area (Å²) in [5.41, 5.74) is -1.05. The van der Waals surface area contributed by atoms with Crippen LogP contribution in [-0.4, -0.2) is 44.8 Å². The van der Waals surface area contributed by atoms with Crippen LogP contribution in [0.1, 0.15) is 13.8 Å². The summed E-state index contributed by atoms with van der Waals surface area (Å²) >= 11 is 0.847. The van der Waals surface area contributed by atoms with E-state index >= 15 is 0 Å². The molecule has 0 saturated carbocycles. The van der Waals surface area contributed by atoms with Crippen molar-refractivity contribution in [3.8, 4) is 0 Å². The number of halogens is 1. The van der Waals surface area contributed by atoms with Crippen LogP contribution >= 0.6 is 17.3 Å². The first kappa shape index (κ1) is 22.9. The van der Waals surface area contributed by atoms with Crippen LogP contribution in [0.4, 0.5) is 0 Å². The second-order valence-electron chi connectivity index (χ2n) is 3.17. The third-order valence-corrected chi connectivity index (χ3v) is 4.03. The quantitative estimate of drug-likeness (QED) is 0.203. The van der Waals surface area contributed by atoms with Crippen molar-refractivity contribution in [1.29, 1.82) is 0 Å². The average Bonchev–Trinajstić information content (AvgIpc) is 2.49. The molecule has 0 saturated heterocycles. The van der Waals surface area contributed by atoms with Crippen molar-refractivity contribution in [3.05, 3.63) is 5.41 Å². The number of esters is 2. The Morgan fingerprint density at radius 3 is 1.67 bits per heavy atom. The van der Waals surface area contributed by atoms with Gasteiger partial charge in [-0.05, 0) is 13.8 Å². The summed E-state index contributed by atoms with van der Waals surface area (Å²) in [7, 11) is 2.66. The number of hydrogen-bond acceptors (Lipinski definition) is 7. The molecule has 0 fully saturated rings. The molecule has 0 aliphatic rings. The predicted molar refractivity (Wildman–Crippen MR) is 72.6 cm³/mol. The van der Waals surface area contributed by atoms with E-state index in [-0.39, 0.29) is 13.2 Å². The number of rotatable bonds is 8. The molecule has 0 amide bonds. The van der Waals surface area contributed by atoms with Gasteiger partial charge in [0.05, 0.1) is 27.4 Å². The van der Waals surface area contributed by atoms with Gasteiger partial charge in [0.2, 0.25) is 0 Å². The minimum atomic E-state index is -4.13. The fourth-order valence-electron chi connectivity index (χ4n) is 1.21. The molecule has 0 N–H and O–H groups in total. The molecule has 118 valence electrons. The Morgan fingerprint density at radius 2 is 1.43 bits per heavy atom. The van der Waals surface area contributed by atoms with Gasteiger partial charge in [0.1, 0.15) is 0 Å². The zero-order chi connectivity index (χ0) is 17.1. The van der Waals surface area contributed by atoms with E-state index in [1.807, 2.05) is 0 Å². The van der Waals surface area contributed by atoms with E-state index in [0.29, 0.717) is 0 Å². The Kier molecular flexibility index (Phi) is 13.4. The van der Waals surface area contributed by atoms with Crippen LogP contribution < -0.4 is 0 Å². The molecule has 0 aromatic rings. The average molecular weight is 395 g/mol. The van der Waals surface area contributed by atoms with Gasteiger partial charge < -0.3 is 23.9 Å². The maximum absolute atomic E-state index is 12.2. The van der Waals surface area contributed by atoms with Crippen LogP contribution in [0, 0.1) is 5.92 Å². The van der Waals surface area contributed by atoms with Gasteiger partial charge in [-0.25, -0.2) is 0 Å².